The molecule has 3 N–H and O–H groups in total. The molecule has 0 heterocycles. The van der Waals surface area contributed by atoms with Crippen molar-refractivity contribution in [3.63, 3.8) is 0 Å². The molecular weight excluding hydrogens is 382 g/mol. The number of nitrogens with one attached hydrogen (secondary N) is 3. The average molecular weight is 407 g/mol. The van der Waals surface area contributed by atoms with Crippen molar-refractivity contribution in [1.29, 1.82) is 0 Å². The van der Waals surface area contributed by atoms with Crippen molar-refractivity contribution in [3.05, 3.63) is 47.5 Å². The third-order valence-electron chi connectivity index (χ3n) is 4.34. The van der Waals surface area contributed by atoms with E-state index < -0.39 is 6.04 Å². The topological polar surface area (TPSA) is 81.1 Å². The van der Waals surface area contributed by atoms with Crippen LogP contribution in [-0.4, -0.2) is 45.7 Å². The summed E-state index contributed by atoms with van der Waals surface area (Å²) in [6.07, 6.45) is 0. The van der Waals surface area contributed by atoms with Gasteiger partial charge in [-0.1, -0.05) is 17.7 Å². The molecule has 0 fully saturated rings. The number of hydrogen-bond donors (Lipinski definition) is 3. The monoisotopic (exact) mass is 406 g/mol. The van der Waals surface area contributed by atoms with E-state index in [1.807, 2.05) is 0 Å². The van der Waals surface area contributed by atoms with Gasteiger partial charge in [0.25, 0.3) is 11.8 Å². The minimum Gasteiger partial charge on any atom is -0.497 e. The maximum absolute atomic E-state index is 12.5. The molecule has 7 nitrogen and oxygen atoms in total. The first-order valence-electron chi connectivity index (χ1n) is 8.74. The molecule has 0 aliphatic heterocycles. The predicted octanol–water partition coefficient (Wildman–Crippen LogP) is 1.84. The quantitative estimate of drug-likeness (QED) is 0.625. The second-order valence-electron chi connectivity index (χ2n) is 6.36. The Morgan fingerprint density at radius 1 is 1.11 bits per heavy atom. The smallest absolute Gasteiger partial charge is 0.282 e. The number of ether oxygens (including phenoxy) is 2. The van der Waals surface area contributed by atoms with Gasteiger partial charge in [-0.25, -0.2) is 0 Å². The lowest BCUT2D eigenvalue weighted by Gasteiger charge is -2.21. The van der Waals surface area contributed by atoms with E-state index in [9.17, 15) is 9.59 Å². The molecule has 2 atom stereocenters. The number of hydrogen-bond acceptors (Lipinski definition) is 4. The number of methoxy groups -OCH3 is 2. The molecule has 0 radical (unpaired) electrons. The maximum atomic E-state index is 12.5. The number of carbonyl (C=O) groups is 2. The zero-order chi connectivity index (χ0) is 20.7. The third kappa shape index (κ3) is 5.87. The summed E-state index contributed by atoms with van der Waals surface area (Å²) < 4.78 is 10.4. The first-order valence-corrected chi connectivity index (χ1v) is 9.12. The minimum atomic E-state index is -0.446. The molecule has 0 bridgehead atoms. The van der Waals surface area contributed by atoms with Crippen LogP contribution in [0.15, 0.2) is 42.5 Å². The SMILES string of the molecule is COc1cccc(NC(=O)[C@@H](C)[NH+](C)CC(=O)Nc2cc(Cl)ccc2OC)c1. The highest BCUT2D eigenvalue weighted by atomic mass is 35.5. The van der Waals surface area contributed by atoms with Crippen molar-refractivity contribution in [3.8, 4) is 11.5 Å². The van der Waals surface area contributed by atoms with Gasteiger partial charge < -0.3 is 25.0 Å². The zero-order valence-electron chi connectivity index (χ0n) is 16.3. The van der Waals surface area contributed by atoms with E-state index in [1.54, 1.807) is 63.5 Å². The van der Waals surface area contributed by atoms with Crippen LogP contribution in [-0.2, 0) is 9.59 Å². The first kappa shape index (κ1) is 21.5. The number of anilines is 2. The van der Waals surface area contributed by atoms with Crippen LogP contribution in [0.3, 0.4) is 0 Å². The number of amides is 2. The molecule has 0 aliphatic rings. The zero-order valence-corrected chi connectivity index (χ0v) is 17.1. The molecule has 0 aliphatic carbocycles. The van der Waals surface area contributed by atoms with Gasteiger partial charge in [0, 0.05) is 16.8 Å². The van der Waals surface area contributed by atoms with E-state index in [-0.39, 0.29) is 18.4 Å². The van der Waals surface area contributed by atoms with Gasteiger partial charge >= 0.3 is 0 Å². The van der Waals surface area contributed by atoms with Gasteiger partial charge in [-0.2, -0.15) is 0 Å². The second kappa shape index (κ2) is 9.96. The summed E-state index contributed by atoms with van der Waals surface area (Å²) in [7, 11) is 4.86. The largest absolute Gasteiger partial charge is 0.497 e. The Labute approximate surface area is 169 Å². The van der Waals surface area contributed by atoms with Crippen LogP contribution >= 0.6 is 11.6 Å². The molecule has 0 aromatic heterocycles. The second-order valence-corrected chi connectivity index (χ2v) is 6.80. The molecule has 1 unspecified atom stereocenters. The Kier molecular flexibility index (Phi) is 7.66. The fraction of sp³-hybridized carbons (Fsp3) is 0.300. The lowest BCUT2D eigenvalue weighted by molar-refractivity contribution is -0.885. The van der Waals surface area contributed by atoms with Crippen LogP contribution in [0, 0.1) is 0 Å². The number of quaternary nitrogens is 1. The summed E-state index contributed by atoms with van der Waals surface area (Å²) in [5.41, 5.74) is 1.12. The molecule has 0 saturated carbocycles. The van der Waals surface area contributed by atoms with E-state index in [4.69, 9.17) is 21.1 Å². The molecule has 2 aromatic rings. The number of benzene rings is 2. The van der Waals surface area contributed by atoms with Gasteiger partial charge in [0.2, 0.25) is 0 Å². The fourth-order valence-electron chi connectivity index (χ4n) is 2.55. The summed E-state index contributed by atoms with van der Waals surface area (Å²) in [4.78, 5) is 25.6. The van der Waals surface area contributed by atoms with E-state index in [0.29, 0.717) is 27.9 Å². The number of rotatable bonds is 8. The van der Waals surface area contributed by atoms with Gasteiger partial charge in [0.1, 0.15) is 11.5 Å². The van der Waals surface area contributed by atoms with E-state index in [2.05, 4.69) is 10.6 Å². The molecule has 0 saturated heterocycles. The Hall–Kier alpha value is -2.77. The van der Waals surface area contributed by atoms with E-state index in [0.717, 1.165) is 4.90 Å². The maximum Gasteiger partial charge on any atom is 0.282 e. The van der Waals surface area contributed by atoms with E-state index >= 15 is 0 Å². The first-order chi connectivity index (χ1) is 13.3. The van der Waals surface area contributed by atoms with Crippen LogP contribution in [0.25, 0.3) is 0 Å². The Bertz CT molecular complexity index is 844. The standard InChI is InChI=1S/C20H24ClN3O4/c1-13(20(26)22-15-6-5-7-16(11-15)27-3)24(2)12-19(25)23-17-10-14(21)8-9-18(17)28-4/h5-11,13H,12H2,1-4H3,(H,22,26)(H,23,25)/p+1/t13-/m1/s1. The van der Waals surface area contributed by atoms with Crippen molar-refractivity contribution in [2.45, 2.75) is 13.0 Å². The Morgan fingerprint density at radius 2 is 1.86 bits per heavy atom. The molecule has 2 rings (SSSR count). The van der Waals surface area contributed by atoms with Crippen molar-refractivity contribution in [2.24, 2.45) is 0 Å². The average Bonchev–Trinajstić information content (AvgIpc) is 2.67. The number of halogens is 1. The van der Waals surface area contributed by atoms with Gasteiger partial charge in [0.15, 0.2) is 12.6 Å². The fourth-order valence-corrected chi connectivity index (χ4v) is 2.73. The van der Waals surface area contributed by atoms with Gasteiger partial charge in [-0.05, 0) is 37.3 Å². The summed E-state index contributed by atoms with van der Waals surface area (Å²) in [5.74, 6) is 0.721. The summed E-state index contributed by atoms with van der Waals surface area (Å²) in [5, 5.41) is 6.10. The van der Waals surface area contributed by atoms with Crippen molar-refractivity contribution in [1.82, 2.24) is 0 Å². The highest BCUT2D eigenvalue weighted by molar-refractivity contribution is 6.31. The van der Waals surface area contributed by atoms with Gasteiger partial charge in [0.05, 0.1) is 27.0 Å². The van der Waals surface area contributed by atoms with Crippen LogP contribution in [0.1, 0.15) is 6.92 Å². The predicted molar refractivity (Wildman–Crippen MR) is 109 cm³/mol. The Morgan fingerprint density at radius 3 is 2.54 bits per heavy atom. The van der Waals surface area contributed by atoms with Crippen LogP contribution in [0.4, 0.5) is 11.4 Å². The van der Waals surface area contributed by atoms with Gasteiger partial charge in [-0.15, -0.1) is 0 Å². The number of likely N-dealkylation sites (N-methyl/N-ethyl adjacent to an activating group) is 1. The Balaban J connectivity index is 1.95. The third-order valence-corrected chi connectivity index (χ3v) is 4.58. The van der Waals surface area contributed by atoms with Crippen LogP contribution in [0.2, 0.25) is 5.02 Å². The molecule has 2 aromatic carbocycles. The van der Waals surface area contributed by atoms with Gasteiger partial charge in [-0.3, -0.25) is 9.59 Å². The highest BCUT2D eigenvalue weighted by Gasteiger charge is 2.24. The van der Waals surface area contributed by atoms with Crippen LogP contribution in [0.5, 0.6) is 11.5 Å². The lowest BCUT2D eigenvalue weighted by Crippen LogP contribution is -3.14. The minimum absolute atomic E-state index is 0.0996. The summed E-state index contributed by atoms with van der Waals surface area (Å²) in [6, 6.07) is 11.6. The van der Waals surface area contributed by atoms with Crippen molar-refractivity contribution < 1.29 is 24.0 Å². The summed E-state index contributed by atoms with van der Waals surface area (Å²) in [6.45, 7) is 1.86. The molecular formula is C20H25ClN3O4+. The molecule has 2 amide bonds. The number of carbonyl (C=O) groups excluding carboxylic acids is 2. The highest BCUT2D eigenvalue weighted by Crippen LogP contribution is 2.27. The van der Waals surface area contributed by atoms with Crippen molar-refractivity contribution in [2.75, 3.05) is 38.4 Å². The normalized spacial score (nSPS) is 12.6. The van der Waals surface area contributed by atoms with Crippen LogP contribution < -0.4 is 25.0 Å². The molecule has 8 heteroatoms. The molecule has 28 heavy (non-hydrogen) atoms. The lowest BCUT2D eigenvalue weighted by atomic mass is 10.2. The van der Waals surface area contributed by atoms with E-state index in [1.165, 1.54) is 7.11 Å². The summed E-state index contributed by atoms with van der Waals surface area (Å²) >= 11 is 5.98. The molecule has 0 spiro atoms. The molecule has 150 valence electrons. The van der Waals surface area contributed by atoms with Crippen molar-refractivity contribution >= 4 is 34.8 Å².